The van der Waals surface area contributed by atoms with Crippen molar-refractivity contribution in [3.05, 3.63) is 71.1 Å². The van der Waals surface area contributed by atoms with Crippen molar-refractivity contribution in [1.82, 2.24) is 5.48 Å². The van der Waals surface area contributed by atoms with E-state index in [1.165, 1.54) is 24.3 Å². The van der Waals surface area contributed by atoms with Crippen LogP contribution in [0.3, 0.4) is 0 Å². The van der Waals surface area contributed by atoms with E-state index in [0.717, 1.165) is 10.4 Å². The topological polar surface area (TPSA) is 104 Å². The summed E-state index contributed by atoms with van der Waals surface area (Å²) < 4.78 is 0. The van der Waals surface area contributed by atoms with Gasteiger partial charge in [0.15, 0.2) is 0 Å². The molecule has 3 aromatic rings. The lowest BCUT2D eigenvalue weighted by Crippen LogP contribution is -2.19. The first kappa shape index (κ1) is 16.7. The van der Waals surface area contributed by atoms with Crippen LogP contribution >= 0.6 is 11.3 Å². The fraction of sp³-hybridized carbons (Fsp3) is 0. The molecule has 7 heteroatoms. The molecule has 0 aliphatic rings. The monoisotopic (exact) mass is 353 g/mol. The van der Waals surface area contributed by atoms with Gasteiger partial charge < -0.3 is 11.1 Å². The van der Waals surface area contributed by atoms with Crippen LogP contribution in [0.25, 0.3) is 10.4 Å². The van der Waals surface area contributed by atoms with Crippen LogP contribution in [0.15, 0.2) is 60.0 Å². The van der Waals surface area contributed by atoms with Gasteiger partial charge in [-0.05, 0) is 53.4 Å². The average molecular weight is 353 g/mol. The molecule has 2 aromatic carbocycles. The molecule has 0 spiro atoms. The summed E-state index contributed by atoms with van der Waals surface area (Å²) in [6.45, 7) is 0. The highest BCUT2D eigenvalue weighted by Gasteiger charge is 2.11. The van der Waals surface area contributed by atoms with Gasteiger partial charge in [-0.2, -0.15) is 0 Å². The van der Waals surface area contributed by atoms with Crippen LogP contribution in [0.2, 0.25) is 0 Å². The molecule has 0 fully saturated rings. The van der Waals surface area contributed by atoms with Gasteiger partial charge in [-0.15, -0.1) is 11.3 Å². The van der Waals surface area contributed by atoms with Crippen LogP contribution in [-0.2, 0) is 0 Å². The quantitative estimate of drug-likeness (QED) is 0.328. The third-order valence-electron chi connectivity index (χ3n) is 3.62. The summed E-state index contributed by atoms with van der Waals surface area (Å²) in [4.78, 5) is 24.8. The normalized spacial score (nSPS) is 10.3. The number of rotatable bonds is 4. The second-order valence-electron chi connectivity index (χ2n) is 5.25. The van der Waals surface area contributed by atoms with Crippen LogP contribution in [0.4, 0.5) is 11.4 Å². The summed E-state index contributed by atoms with van der Waals surface area (Å²) in [7, 11) is 0. The molecule has 5 N–H and O–H groups in total. The van der Waals surface area contributed by atoms with Crippen LogP contribution in [-0.4, -0.2) is 17.0 Å². The predicted molar refractivity (Wildman–Crippen MR) is 97.8 cm³/mol. The molecular formula is C18H15N3O3S. The van der Waals surface area contributed by atoms with Gasteiger partial charge in [0.25, 0.3) is 11.8 Å². The van der Waals surface area contributed by atoms with Gasteiger partial charge in [0.05, 0.1) is 11.4 Å². The molecular weight excluding hydrogens is 338 g/mol. The summed E-state index contributed by atoms with van der Waals surface area (Å²) in [6, 6.07) is 15.3. The largest absolute Gasteiger partial charge is 0.397 e. The predicted octanol–water partition coefficient (Wildman–Crippen LogP) is 3.37. The minimum Gasteiger partial charge on any atom is -0.397 e. The molecule has 6 nitrogen and oxygen atoms in total. The summed E-state index contributed by atoms with van der Waals surface area (Å²) >= 11 is 1.60. The molecule has 126 valence electrons. The molecule has 0 saturated carbocycles. The Kier molecular flexibility index (Phi) is 4.78. The summed E-state index contributed by atoms with van der Waals surface area (Å²) in [5.74, 6) is -0.981. The number of nitrogen functional groups attached to an aromatic ring is 1. The Bertz CT molecular complexity index is 906. The van der Waals surface area contributed by atoms with E-state index in [-0.39, 0.29) is 11.5 Å². The Morgan fingerprint density at radius 2 is 1.64 bits per heavy atom. The molecule has 0 unspecified atom stereocenters. The van der Waals surface area contributed by atoms with Crippen LogP contribution in [0.5, 0.6) is 0 Å². The van der Waals surface area contributed by atoms with E-state index in [1.54, 1.807) is 22.9 Å². The fourth-order valence-corrected chi connectivity index (χ4v) is 3.02. The zero-order valence-electron chi connectivity index (χ0n) is 13.0. The van der Waals surface area contributed by atoms with Gasteiger partial charge in [-0.3, -0.25) is 14.8 Å². The first-order chi connectivity index (χ1) is 12.1. The Labute approximate surface area is 147 Å². The molecule has 0 aliphatic carbocycles. The highest BCUT2D eigenvalue weighted by atomic mass is 32.1. The van der Waals surface area contributed by atoms with Crippen molar-refractivity contribution in [2.45, 2.75) is 0 Å². The number of anilines is 2. The number of thiophene rings is 1. The molecule has 25 heavy (non-hydrogen) atoms. The number of carbonyl (C=O) groups excluding carboxylic acids is 2. The number of hydrogen-bond donors (Lipinski definition) is 4. The lowest BCUT2D eigenvalue weighted by Gasteiger charge is -2.10. The van der Waals surface area contributed by atoms with Crippen molar-refractivity contribution in [2.75, 3.05) is 11.1 Å². The van der Waals surface area contributed by atoms with Crippen molar-refractivity contribution in [1.29, 1.82) is 0 Å². The van der Waals surface area contributed by atoms with Gasteiger partial charge in [0.1, 0.15) is 0 Å². The van der Waals surface area contributed by atoms with E-state index in [4.69, 9.17) is 10.9 Å². The van der Waals surface area contributed by atoms with Gasteiger partial charge in [-0.25, -0.2) is 5.48 Å². The highest BCUT2D eigenvalue weighted by molar-refractivity contribution is 7.13. The number of carbonyl (C=O) groups is 2. The smallest absolute Gasteiger partial charge is 0.274 e. The maximum atomic E-state index is 12.4. The van der Waals surface area contributed by atoms with Crippen LogP contribution in [0, 0.1) is 0 Å². The van der Waals surface area contributed by atoms with Gasteiger partial charge in [-0.1, -0.05) is 12.1 Å². The van der Waals surface area contributed by atoms with E-state index in [0.29, 0.717) is 16.9 Å². The lowest BCUT2D eigenvalue weighted by molar-refractivity contribution is 0.0706. The molecule has 3 rings (SSSR count). The first-order valence-corrected chi connectivity index (χ1v) is 8.25. The van der Waals surface area contributed by atoms with Crippen molar-refractivity contribution in [3.63, 3.8) is 0 Å². The SMILES string of the molecule is Nc1ccc(-c2cccs2)cc1NC(=O)c1ccc(C(=O)NO)cc1. The third-order valence-corrected chi connectivity index (χ3v) is 4.54. The van der Waals surface area contributed by atoms with Crippen molar-refractivity contribution in [3.8, 4) is 10.4 Å². The third kappa shape index (κ3) is 3.68. The number of hydrogen-bond acceptors (Lipinski definition) is 5. The molecule has 0 radical (unpaired) electrons. The van der Waals surface area contributed by atoms with Crippen LogP contribution in [0.1, 0.15) is 20.7 Å². The van der Waals surface area contributed by atoms with Crippen molar-refractivity contribution < 1.29 is 14.8 Å². The summed E-state index contributed by atoms with van der Waals surface area (Å²) in [5.41, 5.74) is 10.1. The van der Waals surface area contributed by atoms with Crippen LogP contribution < -0.4 is 16.5 Å². The minimum atomic E-state index is -0.639. The zero-order valence-corrected chi connectivity index (χ0v) is 13.8. The average Bonchev–Trinajstić information content (AvgIpc) is 3.17. The van der Waals surface area contributed by atoms with E-state index in [2.05, 4.69) is 5.32 Å². The molecule has 1 aromatic heterocycles. The zero-order chi connectivity index (χ0) is 17.8. The van der Waals surface area contributed by atoms with Gasteiger partial charge in [0, 0.05) is 16.0 Å². The Balaban J connectivity index is 1.81. The Morgan fingerprint density at radius 1 is 0.960 bits per heavy atom. The fourth-order valence-electron chi connectivity index (χ4n) is 2.29. The molecule has 0 atom stereocenters. The number of benzene rings is 2. The first-order valence-electron chi connectivity index (χ1n) is 7.38. The summed E-state index contributed by atoms with van der Waals surface area (Å²) in [6.07, 6.45) is 0. The molecule has 1 heterocycles. The number of hydroxylamine groups is 1. The van der Waals surface area contributed by atoms with Crippen molar-refractivity contribution >= 4 is 34.5 Å². The van der Waals surface area contributed by atoms with E-state index >= 15 is 0 Å². The lowest BCUT2D eigenvalue weighted by atomic mass is 10.1. The van der Waals surface area contributed by atoms with Gasteiger partial charge >= 0.3 is 0 Å². The Morgan fingerprint density at radius 3 is 2.24 bits per heavy atom. The second kappa shape index (κ2) is 7.16. The van der Waals surface area contributed by atoms with Crippen molar-refractivity contribution in [2.24, 2.45) is 0 Å². The highest BCUT2D eigenvalue weighted by Crippen LogP contribution is 2.30. The summed E-state index contributed by atoms with van der Waals surface area (Å²) in [5, 5.41) is 13.4. The van der Waals surface area contributed by atoms with E-state index in [9.17, 15) is 9.59 Å². The van der Waals surface area contributed by atoms with E-state index < -0.39 is 5.91 Å². The molecule has 2 amide bonds. The van der Waals surface area contributed by atoms with Gasteiger partial charge in [0.2, 0.25) is 0 Å². The molecule has 0 aliphatic heterocycles. The number of amides is 2. The maximum Gasteiger partial charge on any atom is 0.274 e. The maximum absolute atomic E-state index is 12.4. The van der Waals surface area contributed by atoms with E-state index in [1.807, 2.05) is 29.6 Å². The Hall–Kier alpha value is -3.16. The molecule has 0 saturated heterocycles. The second-order valence-corrected chi connectivity index (χ2v) is 6.20. The molecule has 0 bridgehead atoms. The number of nitrogens with two attached hydrogens (primary N) is 1. The standard InChI is InChI=1S/C18H15N3O3S/c19-14-8-7-13(16-2-1-9-25-16)10-15(14)20-17(22)11-3-5-12(6-4-11)18(23)21-24/h1-10,24H,19H2,(H,20,22)(H,21,23). The minimum absolute atomic E-state index is 0.248. The number of nitrogens with one attached hydrogen (secondary N) is 2.